The molecule has 0 aromatic heterocycles. The highest BCUT2D eigenvalue weighted by atomic mass is 16.2. The second-order valence-corrected chi connectivity index (χ2v) is 13.5. The number of nitrogens with two attached hydrogens (primary N) is 2. The van der Waals surface area contributed by atoms with E-state index in [-0.39, 0.29) is 41.7 Å². The number of allylic oxidation sites excluding steroid dienone is 2. The van der Waals surface area contributed by atoms with Crippen LogP contribution in [0, 0.1) is 11.8 Å². The maximum Gasteiger partial charge on any atom is 0.255 e. The number of rotatable bonds is 10. The van der Waals surface area contributed by atoms with Crippen LogP contribution in [0.25, 0.3) is 0 Å². The van der Waals surface area contributed by atoms with Crippen molar-refractivity contribution < 1.29 is 24.0 Å². The Labute approximate surface area is 282 Å². The van der Waals surface area contributed by atoms with Gasteiger partial charge in [-0.25, -0.2) is 0 Å². The first-order valence-corrected chi connectivity index (χ1v) is 17.3. The molecule has 3 heterocycles. The number of aldehydes is 1. The molecule has 4 amide bonds. The Morgan fingerprint density at radius 1 is 0.958 bits per heavy atom. The van der Waals surface area contributed by atoms with Gasteiger partial charge >= 0.3 is 0 Å². The van der Waals surface area contributed by atoms with Gasteiger partial charge < -0.3 is 31.5 Å². The molecule has 1 aromatic carbocycles. The van der Waals surface area contributed by atoms with Gasteiger partial charge in [-0.05, 0) is 68.4 Å². The highest BCUT2D eigenvalue weighted by Gasteiger charge is 2.33. The Bertz CT molecular complexity index is 1420. The number of imide groups is 1. The smallest absolute Gasteiger partial charge is 0.255 e. The van der Waals surface area contributed by atoms with E-state index in [9.17, 15) is 24.0 Å². The number of hydrogen-bond acceptors (Lipinski definition) is 10. The molecule has 13 nitrogen and oxygen atoms in total. The number of nitrogens with one attached hydrogen (secondary N) is 2. The number of likely N-dealkylation sites (N-methyl/N-ethyl adjacent to an activating group) is 1. The zero-order chi connectivity index (χ0) is 34.2. The van der Waals surface area contributed by atoms with Gasteiger partial charge in [0.05, 0.1) is 11.4 Å². The van der Waals surface area contributed by atoms with E-state index in [1.165, 1.54) is 18.4 Å². The Hall–Kier alpha value is -4.39. The Balaban J connectivity index is 1.06. The third-order valence-corrected chi connectivity index (χ3v) is 10.3. The maximum atomic E-state index is 13.2. The highest BCUT2D eigenvalue weighted by molar-refractivity contribution is 6.06. The van der Waals surface area contributed by atoms with Gasteiger partial charge in [0.1, 0.15) is 11.9 Å². The van der Waals surface area contributed by atoms with Crippen molar-refractivity contribution in [3.05, 3.63) is 53.1 Å². The van der Waals surface area contributed by atoms with Crippen LogP contribution in [0.4, 0.5) is 5.69 Å². The third-order valence-electron chi connectivity index (χ3n) is 10.3. The number of carbonyl (C=O) groups is 5. The molecule has 4 aliphatic rings. The molecular weight excluding hydrogens is 612 g/mol. The van der Waals surface area contributed by atoms with Crippen LogP contribution in [0.1, 0.15) is 78.5 Å². The average Bonchev–Trinajstić information content (AvgIpc) is 3.10. The van der Waals surface area contributed by atoms with Crippen molar-refractivity contribution >= 4 is 35.6 Å². The quantitative estimate of drug-likeness (QED) is 0.163. The number of piperidine rings is 2. The number of nitrogens with zero attached hydrogens (tertiary/aromatic N) is 4. The third kappa shape index (κ3) is 8.74. The molecule has 1 aromatic rings. The lowest BCUT2D eigenvalue weighted by molar-refractivity contribution is -0.136. The van der Waals surface area contributed by atoms with Gasteiger partial charge in [-0.3, -0.25) is 34.2 Å². The normalized spacial score (nSPS) is 22.3. The minimum absolute atomic E-state index is 0.00393. The number of amides is 4. The van der Waals surface area contributed by atoms with Gasteiger partial charge in [0.15, 0.2) is 6.29 Å². The van der Waals surface area contributed by atoms with Gasteiger partial charge in [-0.2, -0.15) is 0 Å². The molecule has 48 heavy (non-hydrogen) atoms. The molecule has 1 unspecified atom stereocenters. The molecule has 5 rings (SSSR count). The summed E-state index contributed by atoms with van der Waals surface area (Å²) in [5.74, 6) is 0.340. The number of benzene rings is 1. The SMILES string of the molecule is CN(C(=O)c1ccc(N2CCN(CC3CCN(/C(N)=C/C=C(\N)NC(=O)C4CCCCC4)CC3)CC2)cc1C=O)C1CCC(=O)NC1=O. The maximum absolute atomic E-state index is 13.2. The van der Waals surface area contributed by atoms with E-state index in [2.05, 4.69) is 25.3 Å². The summed E-state index contributed by atoms with van der Waals surface area (Å²) in [6.45, 7) is 6.16. The lowest BCUT2D eigenvalue weighted by Gasteiger charge is -2.40. The molecule has 0 bridgehead atoms. The van der Waals surface area contributed by atoms with E-state index in [0.29, 0.717) is 23.8 Å². The van der Waals surface area contributed by atoms with Crippen molar-refractivity contribution in [3.63, 3.8) is 0 Å². The highest BCUT2D eigenvalue weighted by Crippen LogP contribution is 2.26. The van der Waals surface area contributed by atoms with Crippen molar-refractivity contribution in [3.8, 4) is 0 Å². The van der Waals surface area contributed by atoms with Gasteiger partial charge in [-0.15, -0.1) is 0 Å². The fraction of sp³-hybridized carbons (Fsp3) is 0.571. The van der Waals surface area contributed by atoms with Crippen LogP contribution in [0.5, 0.6) is 0 Å². The van der Waals surface area contributed by atoms with Crippen molar-refractivity contribution in [2.75, 3.05) is 57.8 Å². The summed E-state index contributed by atoms with van der Waals surface area (Å²) < 4.78 is 0. The van der Waals surface area contributed by atoms with E-state index < -0.39 is 17.9 Å². The molecule has 13 heteroatoms. The summed E-state index contributed by atoms with van der Waals surface area (Å²) in [5.41, 5.74) is 13.8. The van der Waals surface area contributed by atoms with E-state index in [1.807, 2.05) is 6.07 Å². The predicted molar refractivity (Wildman–Crippen MR) is 182 cm³/mol. The van der Waals surface area contributed by atoms with Gasteiger partial charge in [0.2, 0.25) is 17.7 Å². The summed E-state index contributed by atoms with van der Waals surface area (Å²) >= 11 is 0. The minimum Gasteiger partial charge on any atom is -0.385 e. The topological polar surface area (TPSA) is 174 Å². The Morgan fingerprint density at radius 2 is 1.67 bits per heavy atom. The van der Waals surface area contributed by atoms with Gasteiger partial charge in [-0.1, -0.05) is 19.3 Å². The molecule has 6 N–H and O–H groups in total. The zero-order valence-corrected chi connectivity index (χ0v) is 28.0. The number of carbonyl (C=O) groups excluding carboxylic acids is 5. The zero-order valence-electron chi connectivity index (χ0n) is 28.0. The first-order valence-electron chi connectivity index (χ1n) is 17.3. The monoisotopic (exact) mass is 662 g/mol. The molecule has 4 fully saturated rings. The van der Waals surface area contributed by atoms with Crippen LogP contribution in [0.15, 0.2) is 42.0 Å². The first-order chi connectivity index (χ1) is 23.1. The van der Waals surface area contributed by atoms with E-state index in [4.69, 9.17) is 11.5 Å². The summed E-state index contributed by atoms with van der Waals surface area (Å²) in [4.78, 5) is 69.6. The fourth-order valence-corrected chi connectivity index (χ4v) is 7.28. The van der Waals surface area contributed by atoms with Crippen LogP contribution in [0.3, 0.4) is 0 Å². The first kappa shape index (κ1) is 34.9. The summed E-state index contributed by atoms with van der Waals surface area (Å²) in [6, 6.07) is 4.50. The number of hydrogen-bond donors (Lipinski definition) is 4. The van der Waals surface area contributed by atoms with Gasteiger partial charge in [0, 0.05) is 76.5 Å². The second-order valence-electron chi connectivity index (χ2n) is 13.5. The van der Waals surface area contributed by atoms with Crippen molar-refractivity contribution in [1.82, 2.24) is 25.3 Å². The van der Waals surface area contributed by atoms with E-state index in [1.54, 1.807) is 24.3 Å². The van der Waals surface area contributed by atoms with Crippen molar-refractivity contribution in [2.24, 2.45) is 23.3 Å². The van der Waals surface area contributed by atoms with Crippen LogP contribution in [-0.2, 0) is 14.4 Å². The summed E-state index contributed by atoms with van der Waals surface area (Å²) in [5, 5.41) is 5.10. The molecule has 1 saturated carbocycles. The lowest BCUT2D eigenvalue weighted by atomic mass is 9.89. The standard InChI is InChI=1S/C35H50N8O5/c1-40(29-9-12-32(45)39-34(29)47)35(48)28-8-7-27(21-26(28)23-44)42-19-17-41(18-20-42)22-24-13-15-43(16-14-24)31(37)11-10-30(36)38-33(46)25-5-3-2-4-6-25/h7-8,10-11,21,23-25,29H,2-6,9,12-20,22,36-37H2,1H3,(H,38,46)(H,39,45,47)/b30-10+,31-11+. The molecule has 0 spiro atoms. The molecule has 1 aliphatic carbocycles. The van der Waals surface area contributed by atoms with E-state index in [0.717, 1.165) is 90.0 Å². The number of piperazine rings is 1. The number of likely N-dealkylation sites (tertiary alicyclic amines) is 1. The van der Waals surface area contributed by atoms with Crippen LogP contribution >= 0.6 is 0 Å². The molecule has 0 radical (unpaired) electrons. The van der Waals surface area contributed by atoms with Crippen molar-refractivity contribution in [1.29, 1.82) is 0 Å². The Kier molecular flexibility index (Phi) is 11.7. The average molecular weight is 663 g/mol. The van der Waals surface area contributed by atoms with Crippen LogP contribution in [-0.4, -0.2) is 104 Å². The second kappa shape index (κ2) is 16.1. The molecule has 3 aliphatic heterocycles. The number of anilines is 1. The van der Waals surface area contributed by atoms with E-state index >= 15 is 0 Å². The Morgan fingerprint density at radius 3 is 2.33 bits per heavy atom. The fourth-order valence-electron chi connectivity index (χ4n) is 7.28. The summed E-state index contributed by atoms with van der Waals surface area (Å²) in [7, 11) is 1.52. The lowest BCUT2D eigenvalue weighted by Crippen LogP contribution is -2.53. The van der Waals surface area contributed by atoms with Crippen LogP contribution < -0.4 is 27.0 Å². The molecule has 1 atom stereocenters. The van der Waals surface area contributed by atoms with Crippen molar-refractivity contribution in [2.45, 2.75) is 63.8 Å². The largest absolute Gasteiger partial charge is 0.385 e. The molecular formula is C35H50N8O5. The van der Waals surface area contributed by atoms with Gasteiger partial charge in [0.25, 0.3) is 5.91 Å². The summed E-state index contributed by atoms with van der Waals surface area (Å²) in [6.07, 6.45) is 11.9. The minimum atomic E-state index is -0.754. The molecule has 3 saturated heterocycles. The molecule has 260 valence electrons. The predicted octanol–water partition coefficient (Wildman–Crippen LogP) is 1.51. The van der Waals surface area contributed by atoms with Crippen LogP contribution in [0.2, 0.25) is 0 Å².